The molecule has 1 fully saturated rings. The SMILES string of the molecule is CCc1cccnc1C(=O)N1CCN(c2c(C)n(CC(=O)Nc3ccc(Cl)cc3C)c3nc(C4=CCOCC4)nn3c2=O)CC1. The fourth-order valence-electron chi connectivity index (χ4n) is 5.87. The minimum atomic E-state index is -0.322. The van der Waals surface area contributed by atoms with Gasteiger partial charge in [-0.3, -0.25) is 19.4 Å². The van der Waals surface area contributed by atoms with Crippen LogP contribution in [0.3, 0.4) is 0 Å². The number of carbonyl (C=O) groups excluding carboxylic acids is 2. The largest absolute Gasteiger partial charge is 0.377 e. The smallest absolute Gasteiger partial charge is 0.299 e. The normalized spacial score (nSPS) is 15.3. The van der Waals surface area contributed by atoms with Crippen molar-refractivity contribution >= 4 is 46.1 Å². The second-order valence-corrected chi connectivity index (χ2v) is 11.6. The van der Waals surface area contributed by atoms with Gasteiger partial charge in [-0.25, -0.2) is 0 Å². The molecule has 13 heteroatoms. The molecule has 0 atom stereocenters. The zero-order valence-corrected chi connectivity index (χ0v) is 26.3. The molecule has 0 unspecified atom stereocenters. The predicted molar refractivity (Wildman–Crippen MR) is 172 cm³/mol. The van der Waals surface area contributed by atoms with Crippen LogP contribution in [0.1, 0.15) is 46.5 Å². The van der Waals surface area contributed by atoms with E-state index in [-0.39, 0.29) is 29.7 Å². The number of pyridine rings is 1. The third-order valence-corrected chi connectivity index (χ3v) is 8.58. The molecule has 0 radical (unpaired) electrons. The zero-order chi connectivity index (χ0) is 31.7. The van der Waals surface area contributed by atoms with Crippen molar-refractivity contribution in [1.82, 2.24) is 29.0 Å². The summed E-state index contributed by atoms with van der Waals surface area (Å²) in [5.74, 6) is 0.318. The van der Waals surface area contributed by atoms with Gasteiger partial charge in [-0.1, -0.05) is 30.7 Å². The number of rotatable bonds is 7. The minimum absolute atomic E-state index is 0.0944. The maximum absolute atomic E-state index is 14.0. The number of piperazine rings is 1. The van der Waals surface area contributed by atoms with Crippen LogP contribution in [0.2, 0.25) is 5.02 Å². The molecule has 5 heterocycles. The Morgan fingerprint density at radius 2 is 1.91 bits per heavy atom. The molecule has 3 aromatic heterocycles. The molecule has 6 rings (SSSR count). The Hall–Kier alpha value is -4.55. The van der Waals surface area contributed by atoms with Gasteiger partial charge in [0.2, 0.25) is 11.7 Å². The van der Waals surface area contributed by atoms with E-state index in [9.17, 15) is 14.4 Å². The van der Waals surface area contributed by atoms with Crippen LogP contribution in [0, 0.1) is 13.8 Å². The number of nitrogens with one attached hydrogen (secondary N) is 1. The topological polar surface area (TPSA) is 127 Å². The van der Waals surface area contributed by atoms with E-state index < -0.39 is 0 Å². The standard InChI is InChI=1S/C32H35ClN8O4/c1-4-22-6-5-11-34-27(22)30(43)39-14-12-38(13-15-39)28-21(3)40(19-26(42)35-25-8-7-24(33)18-20(25)2)32-36-29(37-41(32)31(28)44)23-9-16-45-17-10-23/h5-9,11,18H,4,10,12-17,19H2,1-3H3,(H,35,42). The third kappa shape index (κ3) is 6.07. The first-order valence-corrected chi connectivity index (χ1v) is 15.4. The molecule has 2 aliphatic rings. The van der Waals surface area contributed by atoms with Gasteiger partial charge >= 0.3 is 0 Å². The number of fused-ring (bicyclic) bond motifs is 1. The maximum Gasteiger partial charge on any atom is 0.299 e. The molecule has 0 spiro atoms. The van der Waals surface area contributed by atoms with E-state index in [2.05, 4.69) is 15.4 Å². The van der Waals surface area contributed by atoms with E-state index in [0.717, 1.165) is 16.7 Å². The van der Waals surface area contributed by atoms with Crippen LogP contribution >= 0.6 is 11.6 Å². The fourth-order valence-corrected chi connectivity index (χ4v) is 6.09. The summed E-state index contributed by atoms with van der Waals surface area (Å²) in [4.78, 5) is 53.6. The van der Waals surface area contributed by atoms with Crippen LogP contribution in [-0.2, 0) is 22.5 Å². The van der Waals surface area contributed by atoms with E-state index in [1.54, 1.807) is 33.9 Å². The molecule has 1 saturated heterocycles. The molecule has 1 N–H and O–H groups in total. The molecule has 45 heavy (non-hydrogen) atoms. The van der Waals surface area contributed by atoms with E-state index in [1.807, 2.05) is 43.9 Å². The van der Waals surface area contributed by atoms with Crippen molar-refractivity contribution < 1.29 is 14.3 Å². The Morgan fingerprint density at radius 1 is 1.11 bits per heavy atom. The lowest BCUT2D eigenvalue weighted by molar-refractivity contribution is -0.116. The van der Waals surface area contributed by atoms with Gasteiger partial charge in [0, 0.05) is 48.8 Å². The fraction of sp³-hybridized carbons (Fsp3) is 0.375. The van der Waals surface area contributed by atoms with Gasteiger partial charge in [-0.05, 0) is 67.7 Å². The van der Waals surface area contributed by atoms with Crippen LogP contribution in [0.15, 0.2) is 47.4 Å². The van der Waals surface area contributed by atoms with Crippen molar-refractivity contribution in [3.8, 4) is 0 Å². The maximum atomic E-state index is 14.0. The summed E-state index contributed by atoms with van der Waals surface area (Å²) in [6.07, 6.45) is 4.89. The van der Waals surface area contributed by atoms with Crippen molar-refractivity contribution in [1.29, 1.82) is 0 Å². The van der Waals surface area contributed by atoms with Crippen molar-refractivity contribution in [2.24, 2.45) is 0 Å². The molecular weight excluding hydrogens is 596 g/mol. The highest BCUT2D eigenvalue weighted by molar-refractivity contribution is 6.30. The molecule has 2 amide bonds. The van der Waals surface area contributed by atoms with Gasteiger partial charge < -0.3 is 24.4 Å². The van der Waals surface area contributed by atoms with Crippen molar-refractivity contribution in [2.45, 2.75) is 40.2 Å². The second kappa shape index (κ2) is 12.8. The summed E-state index contributed by atoms with van der Waals surface area (Å²) in [6.45, 7) is 8.29. The van der Waals surface area contributed by atoms with E-state index in [0.29, 0.717) is 85.8 Å². The Balaban J connectivity index is 1.33. The quantitative estimate of drug-likeness (QED) is 0.329. The van der Waals surface area contributed by atoms with Crippen LogP contribution in [0.5, 0.6) is 0 Å². The summed E-state index contributed by atoms with van der Waals surface area (Å²) in [5, 5.41) is 8.15. The lowest BCUT2D eigenvalue weighted by atomic mass is 10.1. The molecule has 0 bridgehead atoms. The number of nitrogens with zero attached hydrogens (tertiary/aromatic N) is 7. The first-order chi connectivity index (χ1) is 21.7. The second-order valence-electron chi connectivity index (χ2n) is 11.2. The first kappa shape index (κ1) is 30.5. The summed E-state index contributed by atoms with van der Waals surface area (Å²) >= 11 is 6.11. The lowest BCUT2D eigenvalue weighted by Crippen LogP contribution is -2.51. The minimum Gasteiger partial charge on any atom is -0.377 e. The molecule has 0 aliphatic carbocycles. The van der Waals surface area contributed by atoms with Crippen LogP contribution < -0.4 is 15.8 Å². The van der Waals surface area contributed by atoms with Crippen molar-refractivity contribution in [2.75, 3.05) is 49.6 Å². The molecule has 12 nitrogen and oxygen atoms in total. The summed E-state index contributed by atoms with van der Waals surface area (Å²) < 4.78 is 8.46. The third-order valence-electron chi connectivity index (χ3n) is 8.35. The monoisotopic (exact) mass is 630 g/mol. The number of aryl methyl sites for hydroxylation is 2. The molecule has 234 valence electrons. The average molecular weight is 631 g/mol. The number of anilines is 2. The number of hydrogen-bond acceptors (Lipinski definition) is 8. The highest BCUT2D eigenvalue weighted by atomic mass is 35.5. The summed E-state index contributed by atoms with van der Waals surface area (Å²) in [6, 6.07) is 9.02. The van der Waals surface area contributed by atoms with Gasteiger partial charge in [0.25, 0.3) is 11.5 Å². The number of benzene rings is 1. The van der Waals surface area contributed by atoms with E-state index in [4.69, 9.17) is 21.3 Å². The van der Waals surface area contributed by atoms with Gasteiger partial charge in [0.1, 0.15) is 17.9 Å². The van der Waals surface area contributed by atoms with Crippen molar-refractivity contribution in [3.05, 3.63) is 86.3 Å². The number of hydrogen-bond donors (Lipinski definition) is 1. The molecule has 4 aromatic rings. The highest BCUT2D eigenvalue weighted by Gasteiger charge is 2.29. The molecular formula is C32H35ClN8O4. The van der Waals surface area contributed by atoms with Gasteiger partial charge in [0.05, 0.1) is 13.2 Å². The van der Waals surface area contributed by atoms with E-state index >= 15 is 0 Å². The Bertz CT molecular complexity index is 1870. The Labute approximate surface area is 265 Å². The Morgan fingerprint density at radius 3 is 2.62 bits per heavy atom. The number of ether oxygens (including phenoxy) is 1. The summed E-state index contributed by atoms with van der Waals surface area (Å²) in [7, 11) is 0. The van der Waals surface area contributed by atoms with Crippen LogP contribution in [-0.4, -0.2) is 80.3 Å². The first-order valence-electron chi connectivity index (χ1n) is 15.1. The van der Waals surface area contributed by atoms with Gasteiger partial charge in [-0.2, -0.15) is 9.50 Å². The number of halogens is 1. The lowest BCUT2D eigenvalue weighted by Gasteiger charge is -2.36. The molecule has 0 saturated carbocycles. The average Bonchev–Trinajstić information content (AvgIpc) is 3.51. The zero-order valence-electron chi connectivity index (χ0n) is 25.5. The number of amides is 2. The van der Waals surface area contributed by atoms with Crippen molar-refractivity contribution in [3.63, 3.8) is 0 Å². The number of carbonyl (C=O) groups is 2. The Kier molecular flexibility index (Phi) is 8.68. The van der Waals surface area contributed by atoms with E-state index in [1.165, 1.54) is 4.52 Å². The van der Waals surface area contributed by atoms with Gasteiger partial charge in [0.15, 0.2) is 5.82 Å². The highest BCUT2D eigenvalue weighted by Crippen LogP contribution is 2.24. The van der Waals surface area contributed by atoms with Crippen LogP contribution in [0.4, 0.5) is 11.4 Å². The number of aromatic nitrogens is 5. The molecule has 2 aliphatic heterocycles. The predicted octanol–water partition coefficient (Wildman–Crippen LogP) is 3.52. The van der Waals surface area contributed by atoms with Gasteiger partial charge in [-0.15, -0.1) is 5.10 Å². The molecule has 1 aromatic carbocycles. The summed E-state index contributed by atoms with van der Waals surface area (Å²) in [5.41, 5.74) is 4.44. The van der Waals surface area contributed by atoms with Crippen LogP contribution in [0.25, 0.3) is 11.4 Å².